The van der Waals surface area contributed by atoms with Gasteiger partial charge < -0.3 is 9.42 Å². The first-order valence-electron chi connectivity index (χ1n) is 7.74. The van der Waals surface area contributed by atoms with Gasteiger partial charge in [0, 0.05) is 25.0 Å². The van der Waals surface area contributed by atoms with Crippen LogP contribution in [0.1, 0.15) is 12.8 Å². The number of benzene rings is 1. The fourth-order valence-corrected chi connectivity index (χ4v) is 2.45. The molecule has 2 heterocycles. The summed E-state index contributed by atoms with van der Waals surface area (Å²) >= 11 is 0. The van der Waals surface area contributed by atoms with E-state index in [1.807, 2.05) is 49.5 Å². The topological polar surface area (TPSA) is 77.1 Å². The van der Waals surface area contributed by atoms with E-state index in [4.69, 9.17) is 4.52 Å². The monoisotopic (exact) mass is 325 g/mol. The summed E-state index contributed by atoms with van der Waals surface area (Å²) in [6.45, 7) is 2.70. The fraction of sp³-hybridized carbons (Fsp3) is 0.294. The summed E-state index contributed by atoms with van der Waals surface area (Å²) in [4.78, 5) is 18.4. The maximum atomic E-state index is 12.4. The van der Waals surface area contributed by atoms with Crippen LogP contribution in [0.2, 0.25) is 0 Å². The average molecular weight is 325 g/mol. The second-order valence-corrected chi connectivity index (χ2v) is 5.70. The van der Waals surface area contributed by atoms with Crippen molar-refractivity contribution in [3.8, 4) is 11.4 Å². The van der Waals surface area contributed by atoms with Gasteiger partial charge in [-0.15, -0.1) is 0 Å². The maximum absolute atomic E-state index is 12.4. The molecule has 124 valence electrons. The number of hydrogen-bond donors (Lipinski definition) is 0. The Labute approximate surface area is 139 Å². The molecule has 0 aliphatic rings. The minimum absolute atomic E-state index is 0.00459. The van der Waals surface area contributed by atoms with Gasteiger partial charge in [-0.3, -0.25) is 9.48 Å². The van der Waals surface area contributed by atoms with E-state index in [-0.39, 0.29) is 18.4 Å². The Morgan fingerprint density at radius 2 is 2.08 bits per heavy atom. The number of carbonyl (C=O) groups is 1. The molecule has 3 aromatic rings. The van der Waals surface area contributed by atoms with Gasteiger partial charge in [0.05, 0.1) is 19.0 Å². The van der Waals surface area contributed by atoms with Crippen molar-refractivity contribution in [1.29, 1.82) is 0 Å². The van der Waals surface area contributed by atoms with E-state index in [1.54, 1.807) is 22.8 Å². The third-order valence-corrected chi connectivity index (χ3v) is 3.69. The molecule has 1 amide bonds. The molecule has 0 aliphatic carbocycles. The molecule has 3 rings (SSSR count). The standard InChI is InChI=1S/C17H19N5O2/c1-13(11-22-10-6-9-18-22)17(23)21(2)12-15-19-16(20-24-15)14-7-4-3-5-8-14/h3-10,13H,11-12H2,1-2H3/t13-/m0/s1. The van der Waals surface area contributed by atoms with Crippen LogP contribution < -0.4 is 0 Å². The van der Waals surface area contributed by atoms with Crippen molar-refractivity contribution in [3.63, 3.8) is 0 Å². The molecule has 7 heteroatoms. The Balaban J connectivity index is 1.61. The number of carbonyl (C=O) groups excluding carboxylic acids is 1. The highest BCUT2D eigenvalue weighted by atomic mass is 16.5. The summed E-state index contributed by atoms with van der Waals surface area (Å²) in [6, 6.07) is 11.4. The van der Waals surface area contributed by atoms with Crippen LogP contribution in [0.25, 0.3) is 11.4 Å². The molecular weight excluding hydrogens is 306 g/mol. The third-order valence-electron chi connectivity index (χ3n) is 3.69. The maximum Gasteiger partial charge on any atom is 0.246 e. The molecule has 0 N–H and O–H groups in total. The zero-order chi connectivity index (χ0) is 16.9. The summed E-state index contributed by atoms with van der Waals surface area (Å²) in [6.07, 6.45) is 3.54. The quantitative estimate of drug-likeness (QED) is 0.694. The molecule has 0 unspecified atom stereocenters. The van der Waals surface area contributed by atoms with Gasteiger partial charge in [-0.25, -0.2) is 0 Å². The van der Waals surface area contributed by atoms with Crippen molar-refractivity contribution in [1.82, 2.24) is 24.8 Å². The van der Waals surface area contributed by atoms with E-state index < -0.39 is 0 Å². The summed E-state index contributed by atoms with van der Waals surface area (Å²) in [5.74, 6) is 0.753. The van der Waals surface area contributed by atoms with Crippen LogP contribution in [0.5, 0.6) is 0 Å². The Bertz CT molecular complexity index is 782. The molecule has 0 fully saturated rings. The SMILES string of the molecule is C[C@@H](Cn1cccn1)C(=O)N(C)Cc1nc(-c2ccccc2)no1. The van der Waals surface area contributed by atoms with E-state index in [9.17, 15) is 4.79 Å². The van der Waals surface area contributed by atoms with Crippen LogP contribution >= 0.6 is 0 Å². The van der Waals surface area contributed by atoms with Crippen LogP contribution in [0.3, 0.4) is 0 Å². The second kappa shape index (κ2) is 7.08. The van der Waals surface area contributed by atoms with Crippen molar-refractivity contribution < 1.29 is 9.32 Å². The van der Waals surface area contributed by atoms with Gasteiger partial charge in [0.2, 0.25) is 17.6 Å². The molecular formula is C17H19N5O2. The summed E-state index contributed by atoms with van der Waals surface area (Å²) in [7, 11) is 1.73. The van der Waals surface area contributed by atoms with Crippen LogP contribution in [0, 0.1) is 5.92 Å². The number of nitrogens with zero attached hydrogens (tertiary/aromatic N) is 5. The number of rotatable bonds is 6. The second-order valence-electron chi connectivity index (χ2n) is 5.70. The van der Waals surface area contributed by atoms with Crippen LogP contribution in [0.15, 0.2) is 53.3 Å². The molecule has 0 radical (unpaired) electrons. The van der Waals surface area contributed by atoms with Crippen molar-refractivity contribution >= 4 is 5.91 Å². The molecule has 0 spiro atoms. The third kappa shape index (κ3) is 3.68. The fourth-order valence-electron chi connectivity index (χ4n) is 2.45. The first kappa shape index (κ1) is 15.9. The van der Waals surface area contributed by atoms with Gasteiger partial charge in [0.1, 0.15) is 0 Å². The minimum atomic E-state index is -0.189. The smallest absolute Gasteiger partial charge is 0.246 e. The highest BCUT2D eigenvalue weighted by Crippen LogP contribution is 2.16. The largest absolute Gasteiger partial charge is 0.337 e. The normalized spacial score (nSPS) is 12.1. The Morgan fingerprint density at radius 1 is 1.29 bits per heavy atom. The van der Waals surface area contributed by atoms with Crippen molar-refractivity contribution in [2.24, 2.45) is 5.92 Å². The number of amides is 1. The average Bonchev–Trinajstić information content (AvgIpc) is 3.27. The summed E-state index contributed by atoms with van der Waals surface area (Å²) < 4.78 is 7.00. The van der Waals surface area contributed by atoms with Gasteiger partial charge in [-0.05, 0) is 6.07 Å². The van der Waals surface area contributed by atoms with Crippen molar-refractivity contribution in [2.75, 3.05) is 7.05 Å². The summed E-state index contributed by atoms with van der Waals surface area (Å²) in [5, 5.41) is 8.09. The van der Waals surface area contributed by atoms with Gasteiger partial charge in [-0.1, -0.05) is 42.4 Å². The van der Waals surface area contributed by atoms with Crippen LogP contribution in [-0.4, -0.2) is 37.8 Å². The molecule has 0 saturated heterocycles. The van der Waals surface area contributed by atoms with E-state index >= 15 is 0 Å². The molecule has 7 nitrogen and oxygen atoms in total. The molecule has 0 aliphatic heterocycles. The first-order chi connectivity index (χ1) is 11.6. The Hall–Kier alpha value is -2.96. The lowest BCUT2D eigenvalue weighted by molar-refractivity contribution is -0.135. The van der Waals surface area contributed by atoms with E-state index in [2.05, 4.69) is 15.2 Å². The first-order valence-corrected chi connectivity index (χ1v) is 7.74. The predicted octanol–water partition coefficient (Wildman–Crippen LogP) is 2.23. The Kier molecular flexibility index (Phi) is 4.69. The predicted molar refractivity (Wildman–Crippen MR) is 87.6 cm³/mol. The molecule has 0 saturated carbocycles. The molecule has 1 atom stereocenters. The molecule has 24 heavy (non-hydrogen) atoms. The number of aromatic nitrogens is 4. The van der Waals surface area contributed by atoms with Crippen molar-refractivity contribution in [2.45, 2.75) is 20.0 Å². The highest BCUT2D eigenvalue weighted by molar-refractivity contribution is 5.78. The molecule has 0 bridgehead atoms. The van der Waals surface area contributed by atoms with Gasteiger partial charge in [-0.2, -0.15) is 10.1 Å². The van der Waals surface area contributed by atoms with E-state index in [0.717, 1.165) is 5.56 Å². The molecule has 1 aromatic carbocycles. The van der Waals surface area contributed by atoms with Gasteiger partial charge in [0.25, 0.3) is 0 Å². The number of hydrogen-bond acceptors (Lipinski definition) is 5. The summed E-state index contributed by atoms with van der Waals surface area (Å²) in [5.41, 5.74) is 0.883. The molecule has 2 aromatic heterocycles. The zero-order valence-corrected chi connectivity index (χ0v) is 13.7. The lowest BCUT2D eigenvalue weighted by Gasteiger charge is -2.19. The van der Waals surface area contributed by atoms with Crippen molar-refractivity contribution in [3.05, 3.63) is 54.7 Å². The van der Waals surface area contributed by atoms with Crippen LogP contribution in [-0.2, 0) is 17.9 Å². The minimum Gasteiger partial charge on any atom is -0.337 e. The lowest BCUT2D eigenvalue weighted by Crippen LogP contribution is -2.33. The lowest BCUT2D eigenvalue weighted by atomic mass is 10.1. The van der Waals surface area contributed by atoms with E-state index in [0.29, 0.717) is 18.3 Å². The highest BCUT2D eigenvalue weighted by Gasteiger charge is 2.20. The van der Waals surface area contributed by atoms with Gasteiger partial charge in [0.15, 0.2) is 0 Å². The Morgan fingerprint density at radius 3 is 2.79 bits per heavy atom. The zero-order valence-electron chi connectivity index (χ0n) is 13.7. The van der Waals surface area contributed by atoms with Gasteiger partial charge >= 0.3 is 0 Å². The van der Waals surface area contributed by atoms with E-state index in [1.165, 1.54) is 0 Å². The van der Waals surface area contributed by atoms with Crippen LogP contribution in [0.4, 0.5) is 0 Å².